The highest BCUT2D eigenvalue weighted by molar-refractivity contribution is 7.99. The van der Waals surface area contributed by atoms with Gasteiger partial charge < -0.3 is 15.0 Å². The molecule has 2 heterocycles. The zero-order valence-corrected chi connectivity index (χ0v) is 10.8. The van der Waals surface area contributed by atoms with E-state index in [-0.39, 0.29) is 6.04 Å². The van der Waals surface area contributed by atoms with Gasteiger partial charge in [0.2, 0.25) is 0 Å². The Labute approximate surface area is 105 Å². The Morgan fingerprint density at radius 2 is 2.53 bits per heavy atom. The zero-order chi connectivity index (χ0) is 12.1. The normalized spacial score (nSPS) is 21.9. The molecule has 1 aromatic heterocycles. The SMILES string of the molecule is CN1CCSCC1c1noc(COCCN)n1. The van der Waals surface area contributed by atoms with Crippen LogP contribution in [-0.4, -0.2) is 53.3 Å². The van der Waals surface area contributed by atoms with E-state index in [2.05, 4.69) is 22.1 Å². The van der Waals surface area contributed by atoms with Gasteiger partial charge in [0.05, 0.1) is 12.6 Å². The summed E-state index contributed by atoms with van der Waals surface area (Å²) in [5.74, 6) is 3.46. The van der Waals surface area contributed by atoms with Crippen LogP contribution >= 0.6 is 11.8 Å². The predicted molar refractivity (Wildman–Crippen MR) is 65.7 cm³/mol. The van der Waals surface area contributed by atoms with Crippen molar-refractivity contribution in [1.29, 1.82) is 0 Å². The molecule has 1 saturated heterocycles. The first-order valence-electron chi connectivity index (χ1n) is 5.69. The van der Waals surface area contributed by atoms with Crippen LogP contribution in [0.25, 0.3) is 0 Å². The molecule has 6 nitrogen and oxygen atoms in total. The number of hydrogen-bond donors (Lipinski definition) is 1. The fourth-order valence-electron chi connectivity index (χ4n) is 1.66. The second-order valence-corrected chi connectivity index (χ2v) is 5.11. The lowest BCUT2D eigenvalue weighted by Crippen LogP contribution is -2.33. The highest BCUT2D eigenvalue weighted by atomic mass is 32.2. The van der Waals surface area contributed by atoms with E-state index in [1.165, 1.54) is 0 Å². The van der Waals surface area contributed by atoms with Gasteiger partial charge in [0.25, 0.3) is 5.89 Å². The van der Waals surface area contributed by atoms with Crippen LogP contribution in [0.5, 0.6) is 0 Å². The molecular formula is C10H18N4O2S. The minimum absolute atomic E-state index is 0.251. The number of aromatic nitrogens is 2. The quantitative estimate of drug-likeness (QED) is 0.759. The van der Waals surface area contributed by atoms with Crippen LogP contribution in [0.4, 0.5) is 0 Å². The molecule has 1 fully saturated rings. The fourth-order valence-corrected chi connectivity index (χ4v) is 2.87. The summed E-state index contributed by atoms with van der Waals surface area (Å²) in [4.78, 5) is 6.61. The monoisotopic (exact) mass is 258 g/mol. The number of rotatable bonds is 5. The van der Waals surface area contributed by atoms with Crippen molar-refractivity contribution in [3.05, 3.63) is 11.7 Å². The van der Waals surface area contributed by atoms with Crippen LogP contribution in [0, 0.1) is 0 Å². The number of hydrogen-bond acceptors (Lipinski definition) is 7. The van der Waals surface area contributed by atoms with Crippen molar-refractivity contribution in [1.82, 2.24) is 15.0 Å². The second-order valence-electron chi connectivity index (χ2n) is 3.96. The van der Waals surface area contributed by atoms with Gasteiger partial charge in [0, 0.05) is 24.6 Å². The molecule has 17 heavy (non-hydrogen) atoms. The van der Waals surface area contributed by atoms with E-state index < -0.39 is 0 Å². The Hall–Kier alpha value is -0.630. The zero-order valence-electron chi connectivity index (χ0n) is 9.96. The van der Waals surface area contributed by atoms with Crippen molar-refractivity contribution in [2.24, 2.45) is 5.73 Å². The maximum Gasteiger partial charge on any atom is 0.252 e. The summed E-state index contributed by atoms with van der Waals surface area (Å²) >= 11 is 1.92. The molecule has 0 radical (unpaired) electrons. The van der Waals surface area contributed by atoms with Crippen molar-refractivity contribution in [3.63, 3.8) is 0 Å². The first-order chi connectivity index (χ1) is 8.31. The standard InChI is InChI=1S/C10H18N4O2S/c1-14-3-5-17-7-8(14)10-12-9(16-13-10)6-15-4-2-11/h8H,2-7,11H2,1H3. The lowest BCUT2D eigenvalue weighted by Gasteiger charge is -2.29. The average Bonchev–Trinajstić information content (AvgIpc) is 2.79. The van der Waals surface area contributed by atoms with E-state index in [0.29, 0.717) is 25.6 Å². The summed E-state index contributed by atoms with van der Waals surface area (Å²) < 4.78 is 10.4. The van der Waals surface area contributed by atoms with Crippen LogP contribution in [0.15, 0.2) is 4.52 Å². The molecule has 0 spiro atoms. The van der Waals surface area contributed by atoms with Gasteiger partial charge in [0.1, 0.15) is 6.61 Å². The van der Waals surface area contributed by atoms with Crippen LogP contribution in [-0.2, 0) is 11.3 Å². The van der Waals surface area contributed by atoms with E-state index in [1.54, 1.807) is 0 Å². The molecule has 0 amide bonds. The molecule has 1 unspecified atom stereocenters. The van der Waals surface area contributed by atoms with E-state index in [1.807, 2.05) is 11.8 Å². The van der Waals surface area contributed by atoms with E-state index in [4.69, 9.17) is 15.0 Å². The molecule has 0 aliphatic carbocycles. The summed E-state index contributed by atoms with van der Waals surface area (Å²) in [6, 6.07) is 0.251. The first kappa shape index (κ1) is 12.8. The largest absolute Gasteiger partial charge is 0.370 e. The van der Waals surface area contributed by atoms with E-state index in [0.717, 1.165) is 23.9 Å². The summed E-state index contributed by atoms with van der Waals surface area (Å²) in [6.07, 6.45) is 0. The molecule has 0 saturated carbocycles. The Kier molecular flexibility index (Phi) is 4.78. The predicted octanol–water partition coefficient (Wildman–Crippen LogP) is 0.265. The van der Waals surface area contributed by atoms with Crippen molar-refractivity contribution < 1.29 is 9.26 Å². The maximum atomic E-state index is 5.33. The smallest absolute Gasteiger partial charge is 0.252 e. The van der Waals surface area contributed by atoms with Crippen molar-refractivity contribution in [2.75, 3.05) is 38.2 Å². The van der Waals surface area contributed by atoms with Gasteiger partial charge in [-0.25, -0.2) is 0 Å². The fraction of sp³-hybridized carbons (Fsp3) is 0.800. The molecule has 1 aliphatic rings. The van der Waals surface area contributed by atoms with Gasteiger partial charge in [-0.1, -0.05) is 5.16 Å². The van der Waals surface area contributed by atoms with Crippen molar-refractivity contribution in [2.45, 2.75) is 12.6 Å². The Morgan fingerprint density at radius 3 is 3.29 bits per heavy atom. The van der Waals surface area contributed by atoms with Gasteiger partial charge in [-0.2, -0.15) is 16.7 Å². The van der Waals surface area contributed by atoms with Gasteiger partial charge >= 0.3 is 0 Å². The molecule has 7 heteroatoms. The lowest BCUT2D eigenvalue weighted by atomic mass is 10.3. The molecule has 2 rings (SSSR count). The molecule has 1 aromatic rings. The lowest BCUT2D eigenvalue weighted by molar-refractivity contribution is 0.104. The summed E-state index contributed by atoms with van der Waals surface area (Å²) in [6.45, 7) is 2.41. The maximum absolute atomic E-state index is 5.33. The van der Waals surface area contributed by atoms with Crippen LogP contribution in [0.1, 0.15) is 17.8 Å². The summed E-state index contributed by atoms with van der Waals surface area (Å²) in [5, 5.41) is 4.02. The number of ether oxygens (including phenoxy) is 1. The second kappa shape index (κ2) is 6.34. The molecule has 2 N–H and O–H groups in total. The van der Waals surface area contributed by atoms with Crippen LogP contribution in [0.3, 0.4) is 0 Å². The molecule has 0 bridgehead atoms. The number of nitrogens with two attached hydrogens (primary N) is 1. The van der Waals surface area contributed by atoms with Gasteiger partial charge in [-0.3, -0.25) is 4.90 Å². The summed E-state index contributed by atoms with van der Waals surface area (Å²) in [5.41, 5.74) is 5.33. The van der Waals surface area contributed by atoms with E-state index >= 15 is 0 Å². The summed E-state index contributed by atoms with van der Waals surface area (Å²) in [7, 11) is 2.09. The first-order valence-corrected chi connectivity index (χ1v) is 6.85. The topological polar surface area (TPSA) is 77.4 Å². The highest BCUT2D eigenvalue weighted by Gasteiger charge is 2.25. The average molecular weight is 258 g/mol. The molecule has 1 aliphatic heterocycles. The van der Waals surface area contributed by atoms with Crippen LogP contribution in [0.2, 0.25) is 0 Å². The van der Waals surface area contributed by atoms with Gasteiger partial charge in [-0.15, -0.1) is 0 Å². The third-order valence-electron chi connectivity index (χ3n) is 2.67. The third-order valence-corrected chi connectivity index (χ3v) is 3.69. The Bertz CT molecular complexity index is 347. The van der Waals surface area contributed by atoms with E-state index in [9.17, 15) is 0 Å². The molecular weight excluding hydrogens is 240 g/mol. The minimum atomic E-state index is 0.251. The third kappa shape index (κ3) is 3.41. The van der Waals surface area contributed by atoms with Crippen LogP contribution < -0.4 is 5.73 Å². The minimum Gasteiger partial charge on any atom is -0.370 e. The van der Waals surface area contributed by atoms with Gasteiger partial charge in [-0.05, 0) is 7.05 Å². The Balaban J connectivity index is 1.92. The highest BCUT2D eigenvalue weighted by Crippen LogP contribution is 2.26. The van der Waals surface area contributed by atoms with Gasteiger partial charge in [0.15, 0.2) is 5.82 Å². The van der Waals surface area contributed by atoms with Crippen molar-refractivity contribution >= 4 is 11.8 Å². The molecule has 0 aromatic carbocycles. The molecule has 1 atom stereocenters. The molecule has 96 valence electrons. The number of thioether (sulfide) groups is 1. The number of nitrogens with zero attached hydrogens (tertiary/aromatic N) is 3. The van der Waals surface area contributed by atoms with Crippen molar-refractivity contribution in [3.8, 4) is 0 Å². The Morgan fingerprint density at radius 1 is 1.65 bits per heavy atom.